The minimum Gasteiger partial charge on any atom is -0.381 e. The van der Waals surface area contributed by atoms with Crippen molar-refractivity contribution in [1.29, 1.82) is 0 Å². The van der Waals surface area contributed by atoms with Crippen LogP contribution >= 0.6 is 0 Å². The highest BCUT2D eigenvalue weighted by molar-refractivity contribution is 5.76. The molecule has 0 aliphatic carbocycles. The van der Waals surface area contributed by atoms with Gasteiger partial charge < -0.3 is 10.1 Å². The molecule has 5 nitrogen and oxygen atoms in total. The molecule has 1 aromatic heterocycles. The molecule has 0 radical (unpaired) electrons. The van der Waals surface area contributed by atoms with Crippen molar-refractivity contribution in [2.75, 3.05) is 13.2 Å². The molecule has 1 aliphatic heterocycles. The first-order valence-corrected chi connectivity index (χ1v) is 5.91. The van der Waals surface area contributed by atoms with Crippen LogP contribution in [-0.4, -0.2) is 28.9 Å². The highest BCUT2D eigenvalue weighted by Crippen LogP contribution is 2.15. The molecule has 0 unspecified atom stereocenters. The van der Waals surface area contributed by atoms with Crippen LogP contribution in [0.1, 0.15) is 23.4 Å². The number of amides is 1. The predicted molar refractivity (Wildman–Crippen MR) is 63.5 cm³/mol. The van der Waals surface area contributed by atoms with Crippen molar-refractivity contribution in [3.63, 3.8) is 0 Å². The van der Waals surface area contributed by atoms with E-state index in [1.54, 1.807) is 0 Å². The summed E-state index contributed by atoms with van der Waals surface area (Å²) in [4.78, 5) is 11.7. The van der Waals surface area contributed by atoms with E-state index in [4.69, 9.17) is 4.74 Å². The van der Waals surface area contributed by atoms with Gasteiger partial charge in [0.05, 0.1) is 18.9 Å². The van der Waals surface area contributed by atoms with Crippen molar-refractivity contribution in [2.24, 2.45) is 13.0 Å². The molecule has 0 atom stereocenters. The third-order valence-electron chi connectivity index (χ3n) is 3.30. The van der Waals surface area contributed by atoms with E-state index in [2.05, 4.69) is 10.4 Å². The molecule has 2 rings (SSSR count). The van der Waals surface area contributed by atoms with Crippen LogP contribution in [0.25, 0.3) is 0 Å². The van der Waals surface area contributed by atoms with Crippen LogP contribution in [0.5, 0.6) is 0 Å². The fraction of sp³-hybridized carbons (Fsp3) is 0.667. The van der Waals surface area contributed by atoms with Gasteiger partial charge >= 0.3 is 0 Å². The Morgan fingerprint density at radius 1 is 1.53 bits per heavy atom. The Bertz CT molecular complexity index is 422. The Hall–Kier alpha value is -1.36. The molecule has 1 saturated heterocycles. The lowest BCUT2D eigenvalue weighted by Gasteiger charge is -2.25. The Kier molecular flexibility index (Phi) is 3.47. The van der Waals surface area contributed by atoms with Gasteiger partial charge in [-0.05, 0) is 13.8 Å². The summed E-state index contributed by atoms with van der Waals surface area (Å²) in [6, 6.07) is 0. The van der Waals surface area contributed by atoms with Crippen LogP contribution in [-0.2, 0) is 23.1 Å². The summed E-state index contributed by atoms with van der Waals surface area (Å²) < 4.78 is 6.89. The number of aryl methyl sites for hydroxylation is 2. The average Bonchev–Trinajstić information content (AvgIpc) is 2.45. The van der Waals surface area contributed by atoms with Crippen molar-refractivity contribution < 1.29 is 9.53 Å². The minimum atomic E-state index is 0.0981. The van der Waals surface area contributed by atoms with Gasteiger partial charge in [0.2, 0.25) is 5.91 Å². The maximum atomic E-state index is 11.7. The molecule has 1 aromatic rings. The van der Waals surface area contributed by atoms with Crippen LogP contribution < -0.4 is 5.32 Å². The molecule has 0 bridgehead atoms. The zero-order valence-corrected chi connectivity index (χ0v) is 10.6. The zero-order valence-electron chi connectivity index (χ0n) is 10.6. The van der Waals surface area contributed by atoms with Crippen molar-refractivity contribution >= 4 is 5.91 Å². The van der Waals surface area contributed by atoms with Gasteiger partial charge in [0.25, 0.3) is 0 Å². The Labute approximate surface area is 101 Å². The first-order chi connectivity index (χ1) is 8.08. The molecule has 2 heterocycles. The van der Waals surface area contributed by atoms with Gasteiger partial charge in [0, 0.05) is 37.2 Å². The molecule has 0 saturated carbocycles. The highest BCUT2D eigenvalue weighted by atomic mass is 16.5. The normalized spacial score (nSPS) is 15.7. The number of nitrogens with zero attached hydrogens (tertiary/aromatic N) is 2. The van der Waals surface area contributed by atoms with Crippen molar-refractivity contribution in [2.45, 2.75) is 26.8 Å². The summed E-state index contributed by atoms with van der Waals surface area (Å²) in [5, 5.41) is 7.27. The van der Waals surface area contributed by atoms with Crippen LogP contribution in [0.15, 0.2) is 0 Å². The van der Waals surface area contributed by atoms with Gasteiger partial charge in [0.1, 0.15) is 0 Å². The maximum absolute atomic E-state index is 11.7. The lowest BCUT2D eigenvalue weighted by atomic mass is 10.0. The summed E-state index contributed by atoms with van der Waals surface area (Å²) in [7, 11) is 1.92. The quantitative estimate of drug-likeness (QED) is 0.838. The van der Waals surface area contributed by atoms with E-state index in [1.807, 2.05) is 25.6 Å². The minimum absolute atomic E-state index is 0.0981. The molecular weight excluding hydrogens is 218 g/mol. The predicted octanol–water partition coefficient (Wildman–Crippen LogP) is 0.690. The number of hydrogen-bond acceptors (Lipinski definition) is 3. The molecule has 1 N–H and O–H groups in total. The van der Waals surface area contributed by atoms with Crippen LogP contribution in [0, 0.1) is 19.8 Å². The SMILES string of the molecule is Cc1nn(C)c(C)c1CNC(=O)CC1COC1. The van der Waals surface area contributed by atoms with Gasteiger partial charge in [0.15, 0.2) is 0 Å². The monoisotopic (exact) mass is 237 g/mol. The van der Waals surface area contributed by atoms with Crippen molar-refractivity contribution in [1.82, 2.24) is 15.1 Å². The average molecular weight is 237 g/mol. The summed E-state index contributed by atoms with van der Waals surface area (Å²) >= 11 is 0. The smallest absolute Gasteiger partial charge is 0.220 e. The Morgan fingerprint density at radius 2 is 2.24 bits per heavy atom. The molecule has 1 amide bonds. The second kappa shape index (κ2) is 4.87. The molecule has 0 aromatic carbocycles. The molecule has 5 heteroatoms. The number of rotatable bonds is 4. The number of aromatic nitrogens is 2. The summed E-state index contributed by atoms with van der Waals surface area (Å²) in [6.45, 7) is 5.99. The van der Waals surface area contributed by atoms with Crippen molar-refractivity contribution in [3.05, 3.63) is 17.0 Å². The molecule has 1 aliphatic rings. The largest absolute Gasteiger partial charge is 0.381 e. The fourth-order valence-electron chi connectivity index (χ4n) is 2.00. The van der Waals surface area contributed by atoms with Gasteiger partial charge in [-0.15, -0.1) is 0 Å². The lowest BCUT2D eigenvalue weighted by molar-refractivity contribution is -0.126. The van der Waals surface area contributed by atoms with E-state index in [1.165, 1.54) is 0 Å². The number of ether oxygens (including phenoxy) is 1. The second-order valence-corrected chi connectivity index (χ2v) is 4.66. The van der Waals surface area contributed by atoms with E-state index >= 15 is 0 Å². The molecule has 0 spiro atoms. The van der Waals surface area contributed by atoms with Crippen LogP contribution in [0.3, 0.4) is 0 Å². The maximum Gasteiger partial charge on any atom is 0.220 e. The first-order valence-electron chi connectivity index (χ1n) is 5.91. The summed E-state index contributed by atoms with van der Waals surface area (Å²) in [5.74, 6) is 0.507. The van der Waals surface area contributed by atoms with E-state index in [0.717, 1.165) is 30.2 Å². The van der Waals surface area contributed by atoms with Gasteiger partial charge in [-0.2, -0.15) is 5.10 Å². The zero-order chi connectivity index (χ0) is 12.4. The topological polar surface area (TPSA) is 56.2 Å². The third-order valence-corrected chi connectivity index (χ3v) is 3.30. The van der Waals surface area contributed by atoms with Crippen LogP contribution in [0.2, 0.25) is 0 Å². The molecule has 17 heavy (non-hydrogen) atoms. The highest BCUT2D eigenvalue weighted by Gasteiger charge is 2.21. The number of carbonyl (C=O) groups is 1. The van der Waals surface area contributed by atoms with E-state index in [9.17, 15) is 4.79 Å². The number of carbonyl (C=O) groups excluding carboxylic acids is 1. The Morgan fingerprint density at radius 3 is 2.71 bits per heavy atom. The van der Waals surface area contributed by atoms with Crippen molar-refractivity contribution in [3.8, 4) is 0 Å². The summed E-state index contributed by atoms with van der Waals surface area (Å²) in [6.07, 6.45) is 0.568. The van der Waals surface area contributed by atoms with E-state index in [-0.39, 0.29) is 5.91 Å². The van der Waals surface area contributed by atoms with E-state index < -0.39 is 0 Å². The van der Waals surface area contributed by atoms with E-state index in [0.29, 0.717) is 18.9 Å². The molecule has 1 fully saturated rings. The van der Waals surface area contributed by atoms with Gasteiger partial charge in [-0.1, -0.05) is 0 Å². The summed E-state index contributed by atoms with van der Waals surface area (Å²) in [5.41, 5.74) is 3.21. The third kappa shape index (κ3) is 2.66. The molecule has 94 valence electrons. The van der Waals surface area contributed by atoms with Gasteiger partial charge in [-0.25, -0.2) is 0 Å². The second-order valence-electron chi connectivity index (χ2n) is 4.66. The van der Waals surface area contributed by atoms with Gasteiger partial charge in [-0.3, -0.25) is 9.48 Å². The number of hydrogen-bond donors (Lipinski definition) is 1. The first kappa shape index (κ1) is 12.1. The fourth-order valence-corrected chi connectivity index (χ4v) is 2.00. The van der Waals surface area contributed by atoms with Crippen LogP contribution in [0.4, 0.5) is 0 Å². The number of nitrogens with one attached hydrogen (secondary N) is 1. The lowest BCUT2D eigenvalue weighted by Crippen LogP contribution is -2.34. The standard InChI is InChI=1S/C12H19N3O2/c1-8-11(9(2)15(3)14-8)5-13-12(16)4-10-6-17-7-10/h10H,4-7H2,1-3H3,(H,13,16). The Balaban J connectivity index is 1.86. The molecular formula is C12H19N3O2.